The number of rotatable bonds is 11. The third-order valence-electron chi connectivity index (χ3n) is 8.16. The van der Waals surface area contributed by atoms with E-state index < -0.39 is 30.5 Å². The van der Waals surface area contributed by atoms with Gasteiger partial charge in [0.2, 0.25) is 5.88 Å². The first kappa shape index (κ1) is 32.9. The molecule has 47 heavy (non-hydrogen) atoms. The Morgan fingerprint density at radius 1 is 0.936 bits per heavy atom. The van der Waals surface area contributed by atoms with Gasteiger partial charge in [-0.15, -0.1) is 0 Å². The summed E-state index contributed by atoms with van der Waals surface area (Å²) in [5.74, 6) is -3.23. The normalized spacial score (nSPS) is 20.9. The summed E-state index contributed by atoms with van der Waals surface area (Å²) in [7, 11) is 0. The molecule has 2 saturated heterocycles. The van der Waals surface area contributed by atoms with Crippen molar-refractivity contribution >= 4 is 11.9 Å². The summed E-state index contributed by atoms with van der Waals surface area (Å²) in [6.45, 7) is 1.32. The molecule has 0 radical (unpaired) electrons. The van der Waals surface area contributed by atoms with E-state index in [1.807, 2.05) is 10.9 Å². The molecule has 0 unspecified atom stereocenters. The fraction of sp³-hybridized carbons (Fsp3) is 0.586. The fourth-order valence-corrected chi connectivity index (χ4v) is 5.60. The Bertz CT molecular complexity index is 1480. The predicted octanol–water partition coefficient (Wildman–Crippen LogP) is -0.00970. The van der Waals surface area contributed by atoms with Crippen LogP contribution in [-0.4, -0.2) is 119 Å². The van der Waals surface area contributed by atoms with Crippen LogP contribution in [0.3, 0.4) is 0 Å². The highest BCUT2D eigenvalue weighted by atomic mass is 16.7. The average molecular weight is 660 g/mol. The van der Waals surface area contributed by atoms with Crippen LogP contribution < -0.4 is 14.4 Å². The molecule has 3 aromatic rings. The lowest BCUT2D eigenvalue weighted by atomic mass is 9.92. The minimum absolute atomic E-state index is 0.0912. The van der Waals surface area contributed by atoms with Gasteiger partial charge in [-0.05, 0) is 38.5 Å². The molecule has 0 bridgehead atoms. The number of carbonyl (C=O) groups is 1. The summed E-state index contributed by atoms with van der Waals surface area (Å²) in [5, 5.41) is 52.1. The lowest BCUT2D eigenvalue weighted by Gasteiger charge is -2.35. The zero-order chi connectivity index (χ0) is 33.0. The molecule has 18 heteroatoms. The van der Waals surface area contributed by atoms with Crippen LogP contribution in [0.15, 0.2) is 31.0 Å². The first-order chi connectivity index (χ1) is 22.6. The smallest absolute Gasteiger partial charge is 0.415 e. The fourth-order valence-electron chi connectivity index (χ4n) is 5.60. The molecule has 3 fully saturated rings. The van der Waals surface area contributed by atoms with Crippen molar-refractivity contribution in [3.05, 3.63) is 36.5 Å². The van der Waals surface area contributed by atoms with Gasteiger partial charge in [-0.25, -0.2) is 14.8 Å². The summed E-state index contributed by atoms with van der Waals surface area (Å²) in [4.78, 5) is 31.7. The molecule has 5 N–H and O–H groups in total. The van der Waals surface area contributed by atoms with Crippen molar-refractivity contribution < 1.29 is 54.0 Å². The van der Waals surface area contributed by atoms with E-state index in [1.54, 1.807) is 12.4 Å². The summed E-state index contributed by atoms with van der Waals surface area (Å²) in [6, 6.07) is -0.221. The van der Waals surface area contributed by atoms with E-state index >= 15 is 0 Å². The zero-order valence-electron chi connectivity index (χ0n) is 25.4. The summed E-state index contributed by atoms with van der Waals surface area (Å²) >= 11 is 0. The van der Waals surface area contributed by atoms with E-state index in [9.17, 15) is 30.3 Å². The summed E-state index contributed by atoms with van der Waals surface area (Å²) in [6.07, 6.45) is 7.87. The minimum atomic E-state index is -3.21. The second kappa shape index (κ2) is 14.4. The topological polar surface area (TPSA) is 237 Å². The van der Waals surface area contributed by atoms with Crippen molar-refractivity contribution in [1.82, 2.24) is 29.7 Å². The monoisotopic (exact) mass is 659 g/mol. The predicted molar refractivity (Wildman–Crippen MR) is 157 cm³/mol. The van der Waals surface area contributed by atoms with E-state index in [2.05, 4.69) is 25.0 Å². The van der Waals surface area contributed by atoms with Crippen molar-refractivity contribution in [3.8, 4) is 23.1 Å². The molecule has 5 heterocycles. The molecule has 0 atom stereocenters. The average Bonchev–Trinajstić information content (AvgIpc) is 3.54. The van der Waals surface area contributed by atoms with Crippen LogP contribution in [0.1, 0.15) is 50.1 Å². The molecule has 254 valence electrons. The molecular formula is C29H37N7O11. The molecule has 1 aliphatic carbocycles. The second-order valence-electron chi connectivity index (χ2n) is 11.6. The Morgan fingerprint density at radius 3 is 2.34 bits per heavy atom. The van der Waals surface area contributed by atoms with Gasteiger partial charge in [0.25, 0.3) is 0 Å². The zero-order valence-corrected chi connectivity index (χ0v) is 25.4. The number of hydrogen-bond donors (Lipinski definition) is 5. The molecule has 6 rings (SSSR count). The van der Waals surface area contributed by atoms with Crippen molar-refractivity contribution in [1.29, 1.82) is 0 Å². The van der Waals surface area contributed by atoms with Gasteiger partial charge in [0.15, 0.2) is 12.1 Å². The molecule has 18 nitrogen and oxygen atoms in total. The molecule has 3 aliphatic rings. The number of hydrogen-bond acceptors (Lipinski definition) is 16. The molecular weight excluding hydrogens is 622 g/mol. The molecule has 1 saturated carbocycles. The van der Waals surface area contributed by atoms with E-state index in [4.69, 9.17) is 23.7 Å². The van der Waals surface area contributed by atoms with Crippen LogP contribution in [0.4, 0.5) is 10.6 Å². The summed E-state index contributed by atoms with van der Waals surface area (Å²) in [5.41, 5.74) is 0.907. The number of amides is 1. The highest BCUT2D eigenvalue weighted by Crippen LogP contribution is 2.32. The number of carbonyl (C=O) groups excluding carboxylic acids is 1. The molecule has 1 amide bonds. The van der Waals surface area contributed by atoms with Crippen LogP contribution in [0, 0.1) is 0 Å². The van der Waals surface area contributed by atoms with Gasteiger partial charge in [-0.3, -0.25) is 14.6 Å². The first-order valence-electron chi connectivity index (χ1n) is 15.4. The van der Waals surface area contributed by atoms with E-state index in [0.29, 0.717) is 44.6 Å². The number of anilines is 1. The maximum atomic E-state index is 13.2. The van der Waals surface area contributed by atoms with Crippen LogP contribution in [0.25, 0.3) is 11.3 Å². The highest BCUT2D eigenvalue weighted by molar-refractivity contribution is 5.87. The Kier molecular flexibility index (Phi) is 10.1. The lowest BCUT2D eigenvalue weighted by Crippen LogP contribution is -2.45. The van der Waals surface area contributed by atoms with Gasteiger partial charge >= 0.3 is 18.1 Å². The first-order valence-corrected chi connectivity index (χ1v) is 15.4. The number of aliphatic hydroxyl groups is 5. The van der Waals surface area contributed by atoms with Crippen LogP contribution >= 0.6 is 0 Å². The van der Waals surface area contributed by atoms with Crippen LogP contribution in [0.5, 0.6) is 11.9 Å². The number of aliphatic hydroxyl groups excluding tert-OH is 1. The number of aromatic nitrogens is 6. The maximum absolute atomic E-state index is 13.2. The Hall–Kier alpha value is -4.04. The maximum Gasteiger partial charge on any atom is 0.415 e. The third kappa shape index (κ3) is 8.10. The number of ether oxygens (including phenoxy) is 5. The highest BCUT2D eigenvalue weighted by Gasteiger charge is 2.35. The van der Waals surface area contributed by atoms with Crippen molar-refractivity contribution in [2.24, 2.45) is 0 Å². The number of nitrogens with zero attached hydrogens (tertiary/aromatic N) is 7. The second-order valence-corrected chi connectivity index (χ2v) is 11.6. The standard InChI is InChI=1S/C29H37N7O11/c37-25(38)16-45-28(39)36(24-12-30-23(11-31-24)17-9-33-35(13-17)18-5-7-43-8-6-18)19-1-3-20(4-2-19)47-27-32-10-22(29(40,41)42)26(34-27)46-21-14-44-15-21/h9-13,18-21,25,37-38,40-42H,1-8,14-16H2/t19-,20-. The van der Waals surface area contributed by atoms with Gasteiger partial charge in [0.05, 0.1) is 43.5 Å². The van der Waals surface area contributed by atoms with Gasteiger partial charge in [0, 0.05) is 37.2 Å². The quantitative estimate of drug-likeness (QED) is 0.170. The van der Waals surface area contributed by atoms with Gasteiger partial charge < -0.3 is 49.2 Å². The van der Waals surface area contributed by atoms with Crippen LogP contribution in [-0.2, 0) is 20.2 Å². The van der Waals surface area contributed by atoms with Crippen molar-refractivity contribution in [2.45, 2.75) is 75.1 Å². The lowest BCUT2D eigenvalue weighted by molar-refractivity contribution is -0.325. The third-order valence-corrected chi connectivity index (χ3v) is 8.16. The van der Waals surface area contributed by atoms with E-state index in [1.165, 1.54) is 11.1 Å². The Balaban J connectivity index is 1.12. The molecule has 0 spiro atoms. The van der Waals surface area contributed by atoms with Gasteiger partial charge in [-0.2, -0.15) is 10.1 Å². The van der Waals surface area contributed by atoms with Crippen molar-refractivity contribution in [3.63, 3.8) is 0 Å². The van der Waals surface area contributed by atoms with Crippen LogP contribution in [0.2, 0.25) is 0 Å². The molecule has 0 aromatic carbocycles. The van der Waals surface area contributed by atoms with E-state index in [-0.39, 0.29) is 55.2 Å². The largest absolute Gasteiger partial charge is 0.469 e. The van der Waals surface area contributed by atoms with Gasteiger partial charge in [-0.1, -0.05) is 0 Å². The van der Waals surface area contributed by atoms with Gasteiger partial charge in [0.1, 0.15) is 24.4 Å². The summed E-state index contributed by atoms with van der Waals surface area (Å²) < 4.78 is 29.1. The Morgan fingerprint density at radius 2 is 1.70 bits per heavy atom. The minimum Gasteiger partial charge on any atom is -0.469 e. The molecule has 3 aromatic heterocycles. The van der Waals surface area contributed by atoms with Crippen molar-refractivity contribution in [2.75, 3.05) is 37.9 Å². The Labute approximate surface area is 268 Å². The SMILES string of the molecule is O=C(OCC(O)O)N(c1cnc(-c2cnn(C3CCOCC3)c2)cn1)[C@H]1CC[C@H](Oc2ncc(C(O)(O)O)c(OC3COC3)n2)CC1. The van der Waals surface area contributed by atoms with E-state index in [0.717, 1.165) is 24.6 Å². The molecule has 2 aliphatic heterocycles.